The van der Waals surface area contributed by atoms with Gasteiger partial charge < -0.3 is 20.1 Å². The molecule has 0 radical (unpaired) electrons. The molecule has 0 saturated heterocycles. The van der Waals surface area contributed by atoms with Crippen molar-refractivity contribution in [3.63, 3.8) is 0 Å². The number of aliphatic hydroxyl groups is 1. The van der Waals surface area contributed by atoms with Gasteiger partial charge >= 0.3 is 5.69 Å². The van der Waals surface area contributed by atoms with Crippen LogP contribution in [-0.4, -0.2) is 27.2 Å². The van der Waals surface area contributed by atoms with Crippen LogP contribution in [0, 0.1) is 11.3 Å². The molecule has 1 atom stereocenters. The highest BCUT2D eigenvalue weighted by atomic mass is 35.5. The number of nitrogens with one attached hydrogen (secondary N) is 1. The summed E-state index contributed by atoms with van der Waals surface area (Å²) in [4.78, 5) is 27.9. The number of hydrogen-bond donors (Lipinski definition) is 2. The van der Waals surface area contributed by atoms with Crippen LogP contribution in [-0.2, 0) is 20.1 Å². The summed E-state index contributed by atoms with van der Waals surface area (Å²) in [6.45, 7) is 0.257. The average Bonchev–Trinajstić information content (AvgIpc) is 3.17. The summed E-state index contributed by atoms with van der Waals surface area (Å²) >= 11 is 6.02. The molecule has 10 heteroatoms. The maximum absolute atomic E-state index is 13.4. The second kappa shape index (κ2) is 9.40. The summed E-state index contributed by atoms with van der Waals surface area (Å²) in [5.41, 5.74) is 0.638. The Bertz CT molecular complexity index is 1330. The smallest absolute Gasteiger partial charge is 0.332 e. The number of ether oxygens (including phenoxy) is 1. The molecule has 0 bridgehead atoms. The van der Waals surface area contributed by atoms with Crippen LogP contribution in [0.4, 0.5) is 11.5 Å². The molecule has 4 rings (SSSR count). The monoisotopic (exact) mass is 467 g/mol. The lowest BCUT2D eigenvalue weighted by atomic mass is 10.2. The zero-order valence-corrected chi connectivity index (χ0v) is 18.6. The standard InChI is InChI=1S/C23H22ClN5O4/c1-27-20-19(21(31)28(23(27)32)10-3-11-30)29(14-15-6-8-17(24)9-7-15)22(26-20)33-18-5-2-4-16(12-18)13-25/h2,4-9,12,22,26,30H,3,10-11,14H2,1H3. The minimum Gasteiger partial charge on any atom is -0.452 e. The van der Waals surface area contributed by atoms with Crippen molar-refractivity contribution < 1.29 is 9.84 Å². The molecule has 2 N–H and O–H groups in total. The van der Waals surface area contributed by atoms with E-state index < -0.39 is 17.6 Å². The van der Waals surface area contributed by atoms with Crippen molar-refractivity contribution in [2.24, 2.45) is 7.05 Å². The van der Waals surface area contributed by atoms with E-state index in [4.69, 9.17) is 16.3 Å². The van der Waals surface area contributed by atoms with E-state index >= 15 is 0 Å². The molecular weight excluding hydrogens is 446 g/mol. The maximum atomic E-state index is 13.4. The summed E-state index contributed by atoms with van der Waals surface area (Å²) in [6.07, 6.45) is -0.531. The van der Waals surface area contributed by atoms with Gasteiger partial charge in [0.25, 0.3) is 11.9 Å². The van der Waals surface area contributed by atoms with Crippen molar-refractivity contribution in [3.8, 4) is 11.8 Å². The number of nitrogens with zero attached hydrogens (tertiary/aromatic N) is 4. The summed E-state index contributed by atoms with van der Waals surface area (Å²) in [6, 6.07) is 16.0. The third-order valence-corrected chi connectivity index (χ3v) is 5.62. The number of aliphatic hydroxyl groups excluding tert-OH is 1. The van der Waals surface area contributed by atoms with Gasteiger partial charge in [0.2, 0.25) is 0 Å². The molecule has 2 aromatic carbocycles. The minimum atomic E-state index is -0.809. The third kappa shape index (κ3) is 4.44. The molecule has 9 nitrogen and oxygen atoms in total. The Balaban J connectivity index is 1.79. The van der Waals surface area contributed by atoms with Crippen molar-refractivity contribution in [1.82, 2.24) is 9.13 Å². The lowest BCUT2D eigenvalue weighted by Gasteiger charge is -2.26. The normalized spacial score (nSPS) is 14.5. The Morgan fingerprint density at radius 3 is 2.67 bits per heavy atom. The summed E-state index contributed by atoms with van der Waals surface area (Å²) in [5, 5.41) is 22.1. The summed E-state index contributed by atoms with van der Waals surface area (Å²) in [7, 11) is 1.57. The summed E-state index contributed by atoms with van der Waals surface area (Å²) in [5.74, 6) is 0.770. The minimum absolute atomic E-state index is 0.0970. The molecule has 1 aromatic heterocycles. The van der Waals surface area contributed by atoms with E-state index in [1.54, 1.807) is 48.3 Å². The molecule has 1 aliphatic rings. The molecular formula is C23H22ClN5O4. The lowest BCUT2D eigenvalue weighted by Crippen LogP contribution is -2.43. The first kappa shape index (κ1) is 22.5. The second-order valence-corrected chi connectivity index (χ2v) is 8.02. The zero-order chi connectivity index (χ0) is 23.5. The number of halogens is 1. The topological polar surface area (TPSA) is 113 Å². The molecule has 2 heterocycles. The molecule has 1 aliphatic heterocycles. The van der Waals surface area contributed by atoms with Crippen molar-refractivity contribution >= 4 is 23.1 Å². The molecule has 0 amide bonds. The van der Waals surface area contributed by atoms with Gasteiger partial charge in [-0.1, -0.05) is 29.8 Å². The summed E-state index contributed by atoms with van der Waals surface area (Å²) < 4.78 is 8.59. The average molecular weight is 468 g/mol. The zero-order valence-electron chi connectivity index (χ0n) is 17.9. The van der Waals surface area contributed by atoms with Gasteiger partial charge in [-0.2, -0.15) is 5.26 Å². The van der Waals surface area contributed by atoms with Gasteiger partial charge in [-0.3, -0.25) is 13.9 Å². The van der Waals surface area contributed by atoms with Crippen molar-refractivity contribution in [1.29, 1.82) is 5.26 Å². The fourth-order valence-corrected chi connectivity index (χ4v) is 3.85. The first-order valence-corrected chi connectivity index (χ1v) is 10.7. The largest absolute Gasteiger partial charge is 0.452 e. The van der Waals surface area contributed by atoms with E-state index in [2.05, 4.69) is 11.4 Å². The van der Waals surface area contributed by atoms with Gasteiger partial charge in [-0.25, -0.2) is 4.79 Å². The van der Waals surface area contributed by atoms with Gasteiger partial charge in [0.15, 0.2) is 0 Å². The van der Waals surface area contributed by atoms with Crippen LogP contribution in [0.1, 0.15) is 17.5 Å². The first-order chi connectivity index (χ1) is 15.9. The highest BCUT2D eigenvalue weighted by Gasteiger charge is 2.36. The van der Waals surface area contributed by atoms with Crippen molar-refractivity contribution in [3.05, 3.63) is 85.5 Å². The Labute approximate surface area is 194 Å². The predicted octanol–water partition coefficient (Wildman–Crippen LogP) is 2.25. The fraction of sp³-hybridized carbons (Fsp3) is 0.261. The van der Waals surface area contributed by atoms with E-state index in [1.165, 1.54) is 4.57 Å². The number of aromatic nitrogens is 2. The maximum Gasteiger partial charge on any atom is 0.332 e. The predicted molar refractivity (Wildman–Crippen MR) is 124 cm³/mol. The number of benzene rings is 2. The molecule has 1 unspecified atom stereocenters. The van der Waals surface area contributed by atoms with Crippen molar-refractivity contribution in [2.45, 2.75) is 25.9 Å². The SMILES string of the molecule is Cn1c2c(c(=O)n(CCCO)c1=O)N(Cc1ccc(Cl)cc1)C(Oc1cccc(C#N)c1)N2. The van der Waals surface area contributed by atoms with Crippen LogP contribution >= 0.6 is 11.6 Å². The van der Waals surface area contributed by atoms with Gasteiger partial charge in [0, 0.05) is 31.8 Å². The number of hydrogen-bond acceptors (Lipinski definition) is 7. The Morgan fingerprint density at radius 2 is 1.97 bits per heavy atom. The van der Waals surface area contributed by atoms with Gasteiger partial charge in [-0.05, 0) is 42.3 Å². The first-order valence-electron chi connectivity index (χ1n) is 10.3. The quantitative estimate of drug-likeness (QED) is 0.548. The van der Waals surface area contributed by atoms with Gasteiger partial charge in [0.1, 0.15) is 17.3 Å². The van der Waals surface area contributed by atoms with E-state index in [0.29, 0.717) is 28.7 Å². The fourth-order valence-electron chi connectivity index (χ4n) is 3.72. The Kier molecular flexibility index (Phi) is 6.40. The number of fused-ring (bicyclic) bond motifs is 1. The lowest BCUT2D eigenvalue weighted by molar-refractivity contribution is 0.227. The van der Waals surface area contributed by atoms with Crippen LogP contribution in [0.25, 0.3) is 0 Å². The van der Waals surface area contributed by atoms with Gasteiger partial charge in [-0.15, -0.1) is 0 Å². The van der Waals surface area contributed by atoms with Crippen LogP contribution in [0.3, 0.4) is 0 Å². The molecule has 33 heavy (non-hydrogen) atoms. The molecule has 0 saturated carbocycles. The number of nitriles is 1. The Hall–Kier alpha value is -3.74. The number of anilines is 2. The van der Waals surface area contributed by atoms with Crippen LogP contribution < -0.4 is 26.2 Å². The molecule has 0 fully saturated rings. The highest BCUT2D eigenvalue weighted by molar-refractivity contribution is 6.30. The van der Waals surface area contributed by atoms with E-state index in [0.717, 1.165) is 10.1 Å². The van der Waals surface area contributed by atoms with Gasteiger partial charge in [0.05, 0.1) is 11.6 Å². The van der Waals surface area contributed by atoms with E-state index in [9.17, 15) is 20.0 Å². The molecule has 0 aliphatic carbocycles. The van der Waals surface area contributed by atoms with E-state index in [-0.39, 0.29) is 25.3 Å². The third-order valence-electron chi connectivity index (χ3n) is 5.37. The van der Waals surface area contributed by atoms with Crippen LogP contribution in [0.15, 0.2) is 58.1 Å². The number of rotatable bonds is 7. The van der Waals surface area contributed by atoms with E-state index in [1.807, 2.05) is 12.1 Å². The molecule has 3 aromatic rings. The van der Waals surface area contributed by atoms with Crippen LogP contribution in [0.2, 0.25) is 5.02 Å². The molecule has 0 spiro atoms. The highest BCUT2D eigenvalue weighted by Crippen LogP contribution is 2.33. The van der Waals surface area contributed by atoms with Crippen LogP contribution in [0.5, 0.6) is 5.75 Å². The second-order valence-electron chi connectivity index (χ2n) is 7.58. The molecule has 170 valence electrons. The Morgan fingerprint density at radius 1 is 1.21 bits per heavy atom. The van der Waals surface area contributed by atoms with Crippen molar-refractivity contribution in [2.75, 3.05) is 16.8 Å².